The zero-order valence-corrected chi connectivity index (χ0v) is 13.8. The summed E-state index contributed by atoms with van der Waals surface area (Å²) in [5, 5.41) is 0. The SMILES string of the molecule is CC(C)(C)OC(=O)N1CCC2(C=C(I)C(=O)C2)CC1. The third-order valence-electron chi connectivity index (χ3n) is 3.62. The first-order chi connectivity index (χ1) is 8.71. The van der Waals surface area contributed by atoms with Crippen LogP contribution in [-0.4, -0.2) is 35.5 Å². The molecule has 2 rings (SSSR count). The highest BCUT2D eigenvalue weighted by atomic mass is 127. The number of ether oxygens (including phenoxy) is 1. The van der Waals surface area contributed by atoms with Gasteiger partial charge in [0, 0.05) is 24.9 Å². The van der Waals surface area contributed by atoms with E-state index in [9.17, 15) is 9.59 Å². The summed E-state index contributed by atoms with van der Waals surface area (Å²) < 4.78 is 6.22. The van der Waals surface area contributed by atoms with E-state index in [-0.39, 0.29) is 17.3 Å². The number of amides is 1. The molecule has 2 aliphatic rings. The van der Waals surface area contributed by atoms with E-state index in [1.54, 1.807) is 4.90 Å². The average Bonchev–Trinajstić information content (AvgIpc) is 2.52. The topological polar surface area (TPSA) is 46.6 Å². The second-order valence-corrected chi connectivity index (χ2v) is 7.58. The number of nitrogens with zero attached hydrogens (tertiary/aromatic N) is 1. The highest BCUT2D eigenvalue weighted by molar-refractivity contribution is 14.1. The van der Waals surface area contributed by atoms with Crippen LogP contribution in [0.3, 0.4) is 0 Å². The number of carbonyl (C=O) groups is 2. The Morgan fingerprint density at radius 1 is 1.37 bits per heavy atom. The maximum absolute atomic E-state index is 12.0. The van der Waals surface area contributed by atoms with Gasteiger partial charge in [-0.3, -0.25) is 4.79 Å². The van der Waals surface area contributed by atoms with Crippen LogP contribution in [0.15, 0.2) is 9.66 Å². The van der Waals surface area contributed by atoms with E-state index in [4.69, 9.17) is 4.74 Å². The standard InChI is InChI=1S/C14H20INO3/c1-13(2,3)19-12(18)16-6-4-14(5-7-16)8-10(15)11(17)9-14/h8H,4-7,9H2,1-3H3. The van der Waals surface area contributed by atoms with Gasteiger partial charge in [-0.05, 0) is 56.2 Å². The summed E-state index contributed by atoms with van der Waals surface area (Å²) in [6, 6.07) is 0. The van der Waals surface area contributed by atoms with Crippen molar-refractivity contribution in [3.8, 4) is 0 Å². The first kappa shape index (κ1) is 14.8. The molecule has 0 unspecified atom stereocenters. The van der Waals surface area contributed by atoms with E-state index in [2.05, 4.69) is 28.7 Å². The van der Waals surface area contributed by atoms with Crippen LogP contribution in [0.25, 0.3) is 0 Å². The molecule has 0 aromatic heterocycles. The van der Waals surface area contributed by atoms with Crippen LogP contribution in [0, 0.1) is 5.41 Å². The van der Waals surface area contributed by atoms with Gasteiger partial charge in [0.2, 0.25) is 0 Å². The van der Waals surface area contributed by atoms with Crippen molar-refractivity contribution in [3.63, 3.8) is 0 Å². The molecule has 0 radical (unpaired) electrons. The van der Waals surface area contributed by atoms with Gasteiger partial charge in [-0.2, -0.15) is 0 Å². The lowest BCUT2D eigenvalue weighted by Crippen LogP contribution is -2.44. The van der Waals surface area contributed by atoms with Crippen LogP contribution in [0.5, 0.6) is 0 Å². The van der Waals surface area contributed by atoms with Gasteiger partial charge >= 0.3 is 6.09 Å². The zero-order chi connectivity index (χ0) is 14.3. The Labute approximate surface area is 127 Å². The predicted octanol–water partition coefficient (Wildman–Crippen LogP) is 3.30. The third kappa shape index (κ3) is 3.49. The highest BCUT2D eigenvalue weighted by Crippen LogP contribution is 2.44. The number of likely N-dealkylation sites (tertiary alicyclic amines) is 1. The Morgan fingerprint density at radius 2 is 1.95 bits per heavy atom. The van der Waals surface area contributed by atoms with Gasteiger partial charge in [0.15, 0.2) is 5.78 Å². The van der Waals surface area contributed by atoms with Crippen molar-refractivity contribution < 1.29 is 14.3 Å². The van der Waals surface area contributed by atoms with Crippen LogP contribution < -0.4 is 0 Å². The summed E-state index contributed by atoms with van der Waals surface area (Å²) in [4.78, 5) is 25.4. The normalized spacial score (nSPS) is 22.6. The number of carbonyl (C=O) groups excluding carboxylic acids is 2. The molecule has 0 N–H and O–H groups in total. The van der Waals surface area contributed by atoms with Crippen LogP contribution in [-0.2, 0) is 9.53 Å². The van der Waals surface area contributed by atoms with E-state index < -0.39 is 5.60 Å². The number of hydrogen-bond donors (Lipinski definition) is 0. The lowest BCUT2D eigenvalue weighted by Gasteiger charge is -2.38. The molecule has 0 aromatic carbocycles. The zero-order valence-electron chi connectivity index (χ0n) is 11.7. The smallest absolute Gasteiger partial charge is 0.410 e. The fourth-order valence-electron chi connectivity index (χ4n) is 2.59. The van der Waals surface area contributed by atoms with Crippen LogP contribution >= 0.6 is 22.6 Å². The Balaban J connectivity index is 1.93. The first-order valence-electron chi connectivity index (χ1n) is 6.60. The molecule has 4 nitrogen and oxygen atoms in total. The Hall–Kier alpha value is -0.590. The monoisotopic (exact) mass is 377 g/mol. The van der Waals surface area contributed by atoms with Gasteiger partial charge < -0.3 is 9.64 Å². The van der Waals surface area contributed by atoms with Gasteiger partial charge in [0.1, 0.15) is 5.60 Å². The lowest BCUT2D eigenvalue weighted by molar-refractivity contribution is -0.115. The molecule has 1 heterocycles. The molecule has 5 heteroatoms. The number of rotatable bonds is 0. The number of allylic oxidation sites excluding steroid dienone is 2. The summed E-state index contributed by atoms with van der Waals surface area (Å²) in [5.74, 6) is 0.242. The molecule has 0 bridgehead atoms. The minimum absolute atomic E-state index is 0.00782. The molecule has 19 heavy (non-hydrogen) atoms. The second-order valence-electron chi connectivity index (χ2n) is 6.42. The van der Waals surface area contributed by atoms with E-state index in [1.165, 1.54) is 0 Å². The van der Waals surface area contributed by atoms with Crippen molar-refractivity contribution in [2.45, 2.75) is 45.6 Å². The van der Waals surface area contributed by atoms with Crippen molar-refractivity contribution in [3.05, 3.63) is 9.66 Å². The predicted molar refractivity (Wildman–Crippen MR) is 81.2 cm³/mol. The minimum atomic E-state index is -0.454. The largest absolute Gasteiger partial charge is 0.444 e. The van der Waals surface area contributed by atoms with E-state index in [0.717, 1.165) is 16.4 Å². The molecule has 1 saturated heterocycles. The molecule has 1 spiro atoms. The average molecular weight is 377 g/mol. The summed E-state index contributed by atoms with van der Waals surface area (Å²) in [7, 11) is 0. The van der Waals surface area contributed by atoms with Crippen molar-refractivity contribution >= 4 is 34.5 Å². The number of ketones is 1. The molecule has 1 aliphatic heterocycles. The summed E-state index contributed by atoms with van der Waals surface area (Å²) in [5.41, 5.74) is -0.461. The van der Waals surface area contributed by atoms with Gasteiger partial charge in [0.05, 0.1) is 3.58 Å². The molecule has 1 fully saturated rings. The molecule has 1 aliphatic carbocycles. The van der Waals surface area contributed by atoms with E-state index in [0.29, 0.717) is 19.5 Å². The number of halogens is 1. The van der Waals surface area contributed by atoms with Crippen LogP contribution in [0.4, 0.5) is 4.79 Å². The second kappa shape index (κ2) is 5.07. The van der Waals surface area contributed by atoms with E-state index in [1.807, 2.05) is 20.8 Å². The Kier molecular flexibility index (Phi) is 3.95. The van der Waals surface area contributed by atoms with E-state index >= 15 is 0 Å². The molecule has 106 valence electrons. The first-order valence-corrected chi connectivity index (χ1v) is 7.68. The molecular weight excluding hydrogens is 357 g/mol. The molecule has 0 saturated carbocycles. The Bertz CT molecular complexity index is 428. The van der Waals surface area contributed by atoms with Gasteiger partial charge in [-0.1, -0.05) is 6.08 Å². The molecular formula is C14H20INO3. The highest BCUT2D eigenvalue weighted by Gasteiger charge is 2.41. The van der Waals surface area contributed by atoms with Crippen LogP contribution in [0.1, 0.15) is 40.0 Å². The third-order valence-corrected chi connectivity index (χ3v) is 4.54. The lowest BCUT2D eigenvalue weighted by atomic mass is 9.78. The van der Waals surface area contributed by atoms with Crippen molar-refractivity contribution in [2.75, 3.05) is 13.1 Å². The number of Topliss-reactive ketones (excluding diaryl/α,β-unsaturated/α-hetero) is 1. The van der Waals surface area contributed by atoms with Crippen molar-refractivity contribution in [1.82, 2.24) is 4.90 Å². The van der Waals surface area contributed by atoms with Gasteiger partial charge in [-0.25, -0.2) is 4.79 Å². The van der Waals surface area contributed by atoms with Gasteiger partial charge in [-0.15, -0.1) is 0 Å². The molecule has 0 aromatic rings. The summed E-state index contributed by atoms with van der Waals surface area (Å²) >= 11 is 2.11. The molecule has 0 atom stereocenters. The summed E-state index contributed by atoms with van der Waals surface area (Å²) in [6.45, 7) is 6.95. The quantitative estimate of drug-likeness (QED) is 0.609. The molecule has 1 amide bonds. The number of hydrogen-bond acceptors (Lipinski definition) is 3. The Morgan fingerprint density at radius 3 is 2.37 bits per heavy atom. The van der Waals surface area contributed by atoms with Crippen molar-refractivity contribution in [1.29, 1.82) is 0 Å². The fraction of sp³-hybridized carbons (Fsp3) is 0.714. The van der Waals surface area contributed by atoms with Crippen molar-refractivity contribution in [2.24, 2.45) is 5.41 Å². The van der Waals surface area contributed by atoms with Crippen LogP contribution in [0.2, 0.25) is 0 Å². The van der Waals surface area contributed by atoms with Gasteiger partial charge in [0.25, 0.3) is 0 Å². The maximum atomic E-state index is 12.0. The fourth-order valence-corrected chi connectivity index (χ4v) is 3.44. The number of piperidine rings is 1. The summed E-state index contributed by atoms with van der Waals surface area (Å²) in [6.07, 6.45) is 4.16. The maximum Gasteiger partial charge on any atom is 0.410 e. The minimum Gasteiger partial charge on any atom is -0.444 e.